The number of sulfonamides is 1. The summed E-state index contributed by atoms with van der Waals surface area (Å²) in [5.74, 6) is 1.41. The van der Waals surface area contributed by atoms with E-state index in [0.717, 1.165) is 40.8 Å². The lowest BCUT2D eigenvalue weighted by Crippen LogP contribution is -2.51. The molecule has 200 valence electrons. The molecule has 1 amide bonds. The van der Waals surface area contributed by atoms with Crippen molar-refractivity contribution in [1.82, 2.24) is 19.2 Å². The van der Waals surface area contributed by atoms with Crippen molar-refractivity contribution in [3.8, 4) is 11.6 Å². The molecule has 1 aromatic carbocycles. The van der Waals surface area contributed by atoms with Crippen LogP contribution in [0.3, 0.4) is 0 Å². The topological polar surface area (TPSA) is 137 Å². The van der Waals surface area contributed by atoms with Gasteiger partial charge in [0.15, 0.2) is 0 Å². The van der Waals surface area contributed by atoms with Crippen molar-refractivity contribution in [3.05, 3.63) is 46.0 Å². The van der Waals surface area contributed by atoms with Crippen LogP contribution in [0.1, 0.15) is 56.6 Å². The molecule has 1 saturated heterocycles. The number of aromatic amines is 1. The monoisotopic (exact) mass is 529 g/mol. The normalized spacial score (nSPS) is 24.3. The van der Waals surface area contributed by atoms with E-state index in [1.54, 1.807) is 18.2 Å². The number of aromatic hydroxyl groups is 1. The van der Waals surface area contributed by atoms with Crippen molar-refractivity contribution in [3.63, 3.8) is 0 Å². The first kappa shape index (κ1) is 25.7. The van der Waals surface area contributed by atoms with Crippen LogP contribution in [0.15, 0.2) is 34.2 Å². The first-order valence-electron chi connectivity index (χ1n) is 13.1. The van der Waals surface area contributed by atoms with E-state index in [9.17, 15) is 23.1 Å². The number of piperidine rings is 1. The quantitative estimate of drug-likeness (QED) is 0.527. The number of benzene rings is 1. The number of carbonyl (C=O) groups is 1. The molecule has 2 atom stereocenters. The van der Waals surface area contributed by atoms with E-state index in [4.69, 9.17) is 4.99 Å². The Kier molecular flexibility index (Phi) is 6.78. The largest absolute Gasteiger partial charge is 0.493 e. The summed E-state index contributed by atoms with van der Waals surface area (Å²) < 4.78 is 28.9. The highest BCUT2D eigenvalue weighted by atomic mass is 32.2. The minimum absolute atomic E-state index is 0.0454. The summed E-state index contributed by atoms with van der Waals surface area (Å²) in [5, 5.41) is 12.9. The van der Waals surface area contributed by atoms with E-state index in [1.807, 2.05) is 6.92 Å². The number of hydrogen-bond donors (Lipinski definition) is 3. The SMILES string of the molecule is Cc1cc(-n2c(O)c[nH]c2=O)ccc1CCS(=O)(=O)N1CCC2(CC1)N=C(C1CCCC(C)C1)NC2=O. The zero-order chi connectivity index (χ0) is 26.4. The number of hydrogen-bond acceptors (Lipinski definition) is 6. The second-order valence-corrected chi connectivity index (χ2v) is 12.9. The number of rotatable bonds is 6. The highest BCUT2D eigenvalue weighted by molar-refractivity contribution is 7.89. The lowest BCUT2D eigenvalue weighted by Gasteiger charge is -2.34. The molecule has 2 aliphatic heterocycles. The molecule has 2 unspecified atom stereocenters. The van der Waals surface area contributed by atoms with Crippen LogP contribution in [0, 0.1) is 18.8 Å². The molecule has 1 saturated carbocycles. The maximum Gasteiger partial charge on any atom is 0.333 e. The molecule has 0 radical (unpaired) electrons. The Morgan fingerprint density at radius 1 is 1.19 bits per heavy atom. The Hall–Kier alpha value is -2.92. The third-order valence-electron chi connectivity index (χ3n) is 8.24. The molecule has 1 aromatic heterocycles. The zero-order valence-electron chi connectivity index (χ0n) is 21.4. The first-order chi connectivity index (χ1) is 17.6. The van der Waals surface area contributed by atoms with Gasteiger partial charge in [0.25, 0.3) is 5.91 Å². The number of aromatic nitrogens is 2. The van der Waals surface area contributed by atoms with Crippen LogP contribution < -0.4 is 11.0 Å². The van der Waals surface area contributed by atoms with Gasteiger partial charge in [-0.1, -0.05) is 25.8 Å². The van der Waals surface area contributed by atoms with Gasteiger partial charge in [0.05, 0.1) is 17.6 Å². The number of aryl methyl sites for hydroxylation is 2. The van der Waals surface area contributed by atoms with Gasteiger partial charge in [0, 0.05) is 19.0 Å². The molecule has 3 aliphatic rings. The Morgan fingerprint density at radius 2 is 1.95 bits per heavy atom. The lowest BCUT2D eigenvalue weighted by atomic mass is 9.82. The van der Waals surface area contributed by atoms with Gasteiger partial charge in [-0.3, -0.25) is 9.79 Å². The average Bonchev–Trinajstić information content (AvgIpc) is 3.36. The van der Waals surface area contributed by atoms with E-state index in [0.29, 0.717) is 36.8 Å². The first-order valence-corrected chi connectivity index (χ1v) is 14.7. The van der Waals surface area contributed by atoms with Crippen molar-refractivity contribution >= 4 is 21.8 Å². The van der Waals surface area contributed by atoms with Crippen molar-refractivity contribution in [2.24, 2.45) is 16.8 Å². The molecule has 2 fully saturated rings. The van der Waals surface area contributed by atoms with Gasteiger partial charge < -0.3 is 15.4 Å². The summed E-state index contributed by atoms with van der Waals surface area (Å²) in [6.45, 7) is 4.65. The van der Waals surface area contributed by atoms with Crippen LogP contribution in [0.4, 0.5) is 0 Å². The zero-order valence-corrected chi connectivity index (χ0v) is 22.2. The van der Waals surface area contributed by atoms with Gasteiger partial charge in [-0.25, -0.2) is 22.1 Å². The predicted molar refractivity (Wildman–Crippen MR) is 141 cm³/mol. The van der Waals surface area contributed by atoms with Crippen molar-refractivity contribution in [2.75, 3.05) is 18.8 Å². The Morgan fingerprint density at radius 3 is 2.59 bits per heavy atom. The predicted octanol–water partition coefficient (Wildman–Crippen LogP) is 2.24. The van der Waals surface area contributed by atoms with Gasteiger partial charge in [-0.05, 0) is 68.2 Å². The Bertz CT molecular complexity index is 1380. The highest BCUT2D eigenvalue weighted by Crippen LogP contribution is 2.36. The van der Waals surface area contributed by atoms with Crippen LogP contribution in [-0.2, 0) is 21.2 Å². The van der Waals surface area contributed by atoms with Gasteiger partial charge in [0.1, 0.15) is 11.4 Å². The minimum atomic E-state index is -3.52. The molecule has 3 heterocycles. The number of carbonyl (C=O) groups excluding carboxylic acids is 1. The van der Waals surface area contributed by atoms with Crippen LogP contribution in [0.25, 0.3) is 5.69 Å². The molecular formula is C26H35N5O5S. The number of amidine groups is 1. The minimum Gasteiger partial charge on any atom is -0.493 e. The lowest BCUT2D eigenvalue weighted by molar-refractivity contribution is -0.125. The van der Waals surface area contributed by atoms with Gasteiger partial charge >= 0.3 is 5.69 Å². The summed E-state index contributed by atoms with van der Waals surface area (Å²) in [6.07, 6.45) is 6.79. The molecule has 5 rings (SSSR count). The van der Waals surface area contributed by atoms with E-state index in [1.165, 1.54) is 16.9 Å². The van der Waals surface area contributed by atoms with E-state index >= 15 is 0 Å². The van der Waals surface area contributed by atoms with Gasteiger partial charge in [0.2, 0.25) is 15.9 Å². The summed E-state index contributed by atoms with van der Waals surface area (Å²) >= 11 is 0. The fourth-order valence-corrected chi connectivity index (χ4v) is 7.44. The van der Waals surface area contributed by atoms with Crippen molar-refractivity contribution in [2.45, 2.75) is 64.3 Å². The summed E-state index contributed by atoms with van der Waals surface area (Å²) in [6, 6.07) is 5.23. The van der Waals surface area contributed by atoms with Gasteiger partial charge in [-0.15, -0.1) is 0 Å². The smallest absolute Gasteiger partial charge is 0.333 e. The van der Waals surface area contributed by atoms with Gasteiger partial charge in [-0.2, -0.15) is 0 Å². The number of amides is 1. The molecule has 1 spiro atoms. The third kappa shape index (κ3) is 4.98. The van der Waals surface area contributed by atoms with Crippen LogP contribution in [0.2, 0.25) is 0 Å². The Balaban J connectivity index is 1.21. The second kappa shape index (κ2) is 9.75. The highest BCUT2D eigenvalue weighted by Gasteiger charge is 2.48. The van der Waals surface area contributed by atoms with Crippen LogP contribution >= 0.6 is 0 Å². The molecular weight excluding hydrogens is 494 g/mol. The number of H-pyrrole nitrogens is 1. The average molecular weight is 530 g/mol. The summed E-state index contributed by atoms with van der Waals surface area (Å²) in [4.78, 5) is 32.1. The number of aliphatic imine (C=N–C) groups is 1. The van der Waals surface area contributed by atoms with Crippen molar-refractivity contribution < 1.29 is 18.3 Å². The van der Waals surface area contributed by atoms with E-state index < -0.39 is 21.3 Å². The number of imidazole rings is 1. The molecule has 0 bridgehead atoms. The van der Waals surface area contributed by atoms with E-state index in [2.05, 4.69) is 17.2 Å². The fourth-order valence-electron chi connectivity index (χ4n) is 5.97. The van der Waals surface area contributed by atoms with E-state index in [-0.39, 0.29) is 30.6 Å². The summed E-state index contributed by atoms with van der Waals surface area (Å²) in [7, 11) is -3.52. The van der Waals surface area contributed by atoms with Crippen LogP contribution in [0.5, 0.6) is 5.88 Å². The molecule has 1 aliphatic carbocycles. The number of nitrogens with zero attached hydrogens (tertiary/aromatic N) is 3. The number of nitrogens with one attached hydrogen (secondary N) is 2. The second-order valence-electron chi connectivity index (χ2n) is 10.8. The maximum atomic E-state index is 13.2. The summed E-state index contributed by atoms with van der Waals surface area (Å²) in [5.41, 5.74) is 0.910. The third-order valence-corrected chi connectivity index (χ3v) is 10.1. The Labute approximate surface area is 216 Å². The van der Waals surface area contributed by atoms with Crippen LogP contribution in [-0.4, -0.2) is 63.5 Å². The maximum absolute atomic E-state index is 13.2. The molecule has 10 nitrogen and oxygen atoms in total. The molecule has 11 heteroatoms. The molecule has 2 aromatic rings. The fraction of sp³-hybridized carbons (Fsp3) is 0.577. The standard InChI is InChI=1S/C26H35N5O5S/c1-17-4-3-5-20(14-17)23-28-24(33)26(29-23)9-11-30(12-10-26)37(35,36)13-8-19-6-7-21(15-18(19)2)31-22(32)16-27-25(31)34/h6-7,15-17,20,32H,3-5,8-14H2,1-2H3,(H,27,34)(H,28,29,33). The molecule has 3 N–H and O–H groups in total. The molecule has 37 heavy (non-hydrogen) atoms. The van der Waals surface area contributed by atoms with Crippen molar-refractivity contribution in [1.29, 1.82) is 0 Å².